The van der Waals surface area contributed by atoms with Crippen molar-refractivity contribution in [3.63, 3.8) is 0 Å². The molecule has 0 aromatic heterocycles. The standard InChI is InChI=1S/C12H17FN2O2/c1-3-8(7-14)12(16)15-9-4-5-10(13)11(6-9)17-2/h4-6,8H,3,7,14H2,1-2H3,(H,15,16). The van der Waals surface area contributed by atoms with E-state index in [0.29, 0.717) is 18.7 Å². The summed E-state index contributed by atoms with van der Waals surface area (Å²) in [5.74, 6) is -0.755. The number of carbonyl (C=O) groups is 1. The molecule has 5 heteroatoms. The number of anilines is 1. The first-order valence-corrected chi connectivity index (χ1v) is 5.46. The fourth-order valence-electron chi connectivity index (χ4n) is 1.44. The van der Waals surface area contributed by atoms with Gasteiger partial charge in [0.25, 0.3) is 0 Å². The van der Waals surface area contributed by atoms with Crippen molar-refractivity contribution in [2.24, 2.45) is 11.7 Å². The van der Waals surface area contributed by atoms with Gasteiger partial charge < -0.3 is 15.8 Å². The summed E-state index contributed by atoms with van der Waals surface area (Å²) in [6.07, 6.45) is 0.667. The zero-order chi connectivity index (χ0) is 12.8. The summed E-state index contributed by atoms with van der Waals surface area (Å²) < 4.78 is 18.0. The van der Waals surface area contributed by atoms with Crippen LogP contribution in [0.4, 0.5) is 10.1 Å². The lowest BCUT2D eigenvalue weighted by atomic mass is 10.1. The molecule has 0 spiro atoms. The maximum absolute atomic E-state index is 13.1. The summed E-state index contributed by atoms with van der Waals surface area (Å²) in [7, 11) is 1.37. The molecule has 0 saturated heterocycles. The van der Waals surface area contributed by atoms with Crippen molar-refractivity contribution in [1.29, 1.82) is 0 Å². The van der Waals surface area contributed by atoms with E-state index in [0.717, 1.165) is 0 Å². The molecule has 1 aromatic carbocycles. The molecule has 0 fully saturated rings. The van der Waals surface area contributed by atoms with E-state index in [1.165, 1.54) is 25.3 Å². The number of methoxy groups -OCH3 is 1. The lowest BCUT2D eigenvalue weighted by molar-refractivity contribution is -0.119. The minimum Gasteiger partial charge on any atom is -0.494 e. The summed E-state index contributed by atoms with van der Waals surface area (Å²) in [4.78, 5) is 11.7. The second-order valence-corrected chi connectivity index (χ2v) is 3.68. The molecule has 0 heterocycles. The number of amides is 1. The zero-order valence-corrected chi connectivity index (χ0v) is 10.00. The summed E-state index contributed by atoms with van der Waals surface area (Å²) in [5, 5.41) is 2.68. The van der Waals surface area contributed by atoms with Crippen LogP contribution in [0, 0.1) is 11.7 Å². The molecule has 0 radical (unpaired) electrons. The average molecular weight is 240 g/mol. The number of hydrogen-bond acceptors (Lipinski definition) is 3. The van der Waals surface area contributed by atoms with Gasteiger partial charge in [0.05, 0.1) is 13.0 Å². The predicted octanol–water partition coefficient (Wildman–Crippen LogP) is 1.76. The predicted molar refractivity (Wildman–Crippen MR) is 64.4 cm³/mol. The van der Waals surface area contributed by atoms with Gasteiger partial charge in [-0.2, -0.15) is 0 Å². The first-order chi connectivity index (χ1) is 8.12. The maximum atomic E-state index is 13.1. The number of carbonyl (C=O) groups excluding carboxylic acids is 1. The third-order valence-corrected chi connectivity index (χ3v) is 2.57. The average Bonchev–Trinajstić information content (AvgIpc) is 2.33. The summed E-state index contributed by atoms with van der Waals surface area (Å²) in [6.45, 7) is 2.18. The smallest absolute Gasteiger partial charge is 0.228 e. The summed E-state index contributed by atoms with van der Waals surface area (Å²) >= 11 is 0. The summed E-state index contributed by atoms with van der Waals surface area (Å²) in [6, 6.07) is 4.17. The van der Waals surface area contributed by atoms with Crippen LogP contribution in [0.1, 0.15) is 13.3 Å². The lowest BCUT2D eigenvalue weighted by Crippen LogP contribution is -2.28. The van der Waals surface area contributed by atoms with Crippen LogP contribution in [0.25, 0.3) is 0 Å². The van der Waals surface area contributed by atoms with Crippen LogP contribution in [0.3, 0.4) is 0 Å². The molecule has 1 unspecified atom stereocenters. The Morgan fingerprint density at radius 2 is 2.29 bits per heavy atom. The largest absolute Gasteiger partial charge is 0.494 e. The van der Waals surface area contributed by atoms with E-state index in [4.69, 9.17) is 10.5 Å². The molecule has 0 aliphatic carbocycles. The number of hydrogen-bond donors (Lipinski definition) is 2. The van der Waals surface area contributed by atoms with Gasteiger partial charge in [-0.05, 0) is 18.6 Å². The Morgan fingerprint density at radius 3 is 2.82 bits per heavy atom. The van der Waals surface area contributed by atoms with Crippen molar-refractivity contribution < 1.29 is 13.9 Å². The van der Waals surface area contributed by atoms with Crippen LogP contribution in [0.5, 0.6) is 5.75 Å². The SMILES string of the molecule is CCC(CN)C(=O)Nc1ccc(F)c(OC)c1. The second-order valence-electron chi connectivity index (χ2n) is 3.68. The third-order valence-electron chi connectivity index (χ3n) is 2.57. The van der Waals surface area contributed by atoms with Gasteiger partial charge in [-0.3, -0.25) is 4.79 Å². The van der Waals surface area contributed by atoms with E-state index in [-0.39, 0.29) is 17.6 Å². The number of rotatable bonds is 5. The molecule has 0 aliphatic heterocycles. The van der Waals surface area contributed by atoms with Crippen LogP contribution >= 0.6 is 0 Å². The van der Waals surface area contributed by atoms with Gasteiger partial charge in [0.2, 0.25) is 5.91 Å². The fraction of sp³-hybridized carbons (Fsp3) is 0.417. The zero-order valence-electron chi connectivity index (χ0n) is 10.00. The highest BCUT2D eigenvalue weighted by atomic mass is 19.1. The van der Waals surface area contributed by atoms with Crippen LogP contribution in [0.15, 0.2) is 18.2 Å². The number of halogens is 1. The molecule has 1 amide bonds. The van der Waals surface area contributed by atoms with Crippen molar-refractivity contribution in [1.82, 2.24) is 0 Å². The third kappa shape index (κ3) is 3.42. The minimum absolute atomic E-state index is 0.101. The molecule has 0 saturated carbocycles. The molecule has 4 nitrogen and oxygen atoms in total. The Hall–Kier alpha value is -1.62. The number of nitrogens with two attached hydrogens (primary N) is 1. The Bertz CT molecular complexity index is 392. The van der Waals surface area contributed by atoms with Gasteiger partial charge in [-0.1, -0.05) is 6.92 Å². The van der Waals surface area contributed by atoms with E-state index in [9.17, 15) is 9.18 Å². The van der Waals surface area contributed by atoms with E-state index in [1.807, 2.05) is 6.92 Å². The normalized spacial score (nSPS) is 12.0. The highest BCUT2D eigenvalue weighted by Gasteiger charge is 2.15. The molecule has 0 bridgehead atoms. The maximum Gasteiger partial charge on any atom is 0.228 e. The van der Waals surface area contributed by atoms with E-state index < -0.39 is 5.82 Å². The first-order valence-electron chi connectivity index (χ1n) is 5.46. The van der Waals surface area contributed by atoms with Crippen LogP contribution in [-0.4, -0.2) is 19.6 Å². The van der Waals surface area contributed by atoms with Gasteiger partial charge in [0.15, 0.2) is 11.6 Å². The molecule has 1 aromatic rings. The topological polar surface area (TPSA) is 64.4 Å². The second kappa shape index (κ2) is 6.20. The number of benzene rings is 1. The fourth-order valence-corrected chi connectivity index (χ4v) is 1.44. The van der Waals surface area contributed by atoms with Crippen molar-refractivity contribution in [2.45, 2.75) is 13.3 Å². The Labute approximate surface area is 100.0 Å². The van der Waals surface area contributed by atoms with Crippen molar-refractivity contribution >= 4 is 11.6 Å². The quantitative estimate of drug-likeness (QED) is 0.824. The Morgan fingerprint density at radius 1 is 1.59 bits per heavy atom. The van der Waals surface area contributed by atoms with Gasteiger partial charge in [-0.15, -0.1) is 0 Å². The molecule has 17 heavy (non-hydrogen) atoms. The summed E-state index contributed by atoms with van der Waals surface area (Å²) in [5.41, 5.74) is 5.97. The highest BCUT2D eigenvalue weighted by molar-refractivity contribution is 5.92. The molecule has 94 valence electrons. The Kier molecular flexibility index (Phi) is 4.90. The number of nitrogens with one attached hydrogen (secondary N) is 1. The highest BCUT2D eigenvalue weighted by Crippen LogP contribution is 2.21. The van der Waals surface area contributed by atoms with E-state index in [1.54, 1.807) is 0 Å². The molecule has 1 rings (SSSR count). The minimum atomic E-state index is -0.462. The van der Waals surface area contributed by atoms with Crippen molar-refractivity contribution in [3.05, 3.63) is 24.0 Å². The van der Waals surface area contributed by atoms with Crippen LogP contribution in [-0.2, 0) is 4.79 Å². The molecular formula is C12H17FN2O2. The van der Waals surface area contributed by atoms with Crippen LogP contribution in [0.2, 0.25) is 0 Å². The van der Waals surface area contributed by atoms with E-state index in [2.05, 4.69) is 5.32 Å². The first kappa shape index (κ1) is 13.4. The lowest BCUT2D eigenvalue weighted by Gasteiger charge is -2.13. The monoisotopic (exact) mass is 240 g/mol. The molecule has 1 atom stereocenters. The molecular weight excluding hydrogens is 223 g/mol. The van der Waals surface area contributed by atoms with Gasteiger partial charge in [0, 0.05) is 18.3 Å². The molecule has 3 N–H and O–H groups in total. The van der Waals surface area contributed by atoms with E-state index >= 15 is 0 Å². The Balaban J connectivity index is 2.78. The van der Waals surface area contributed by atoms with Crippen molar-refractivity contribution in [3.8, 4) is 5.75 Å². The van der Waals surface area contributed by atoms with Gasteiger partial charge in [0.1, 0.15) is 0 Å². The van der Waals surface area contributed by atoms with Crippen molar-refractivity contribution in [2.75, 3.05) is 19.0 Å². The van der Waals surface area contributed by atoms with Gasteiger partial charge >= 0.3 is 0 Å². The molecule has 0 aliphatic rings. The van der Waals surface area contributed by atoms with Crippen LogP contribution < -0.4 is 15.8 Å². The number of ether oxygens (including phenoxy) is 1. The van der Waals surface area contributed by atoms with Gasteiger partial charge in [-0.25, -0.2) is 4.39 Å².